The molecule has 2 saturated heterocycles. The number of carboxylic acid groups (broad SMARTS) is 1. The molecule has 4 atom stereocenters. The number of carbonyl (C=O) groups is 8. The van der Waals surface area contributed by atoms with E-state index in [9.17, 15) is 67.7 Å². The van der Waals surface area contributed by atoms with Gasteiger partial charge in [0.05, 0.1) is 25.0 Å². The van der Waals surface area contributed by atoms with Crippen molar-refractivity contribution in [3.8, 4) is 17.2 Å². The predicted molar refractivity (Wildman–Crippen MR) is 266 cm³/mol. The van der Waals surface area contributed by atoms with Crippen LogP contribution in [0.2, 0.25) is 0 Å². The SMILES string of the molecule is COC(=O)Oc1cccc2c(=O)n(CCC(=O)Nc3cc(NC(=O)CCn4c(=O)oc5c(OC(=O)OC)cccc5c4=O)cc(C(=O)NC(C(=O)N[C@@H]4C(=O)N5[C@@H]4SC(C)(C)[C@@H]5C(=O)O)c4ccc(O)cc4)c3)c(=O)oc12. The summed E-state index contributed by atoms with van der Waals surface area (Å²) in [7, 11) is 2.08. The molecule has 8 rings (SSSR count). The molecule has 0 spiro atoms. The van der Waals surface area contributed by atoms with Gasteiger partial charge in [0.2, 0.25) is 23.6 Å². The Morgan fingerprint density at radius 3 is 1.68 bits per heavy atom. The van der Waals surface area contributed by atoms with Gasteiger partial charge in [-0.3, -0.25) is 33.6 Å². The van der Waals surface area contributed by atoms with Crippen molar-refractivity contribution in [1.29, 1.82) is 0 Å². The van der Waals surface area contributed by atoms with Gasteiger partial charge in [0.25, 0.3) is 17.0 Å². The molecule has 2 aromatic heterocycles. The fourth-order valence-electron chi connectivity index (χ4n) is 8.47. The zero-order valence-corrected chi connectivity index (χ0v) is 41.5. The summed E-state index contributed by atoms with van der Waals surface area (Å²) in [6, 6.07) is 12.3. The molecule has 2 fully saturated rings. The Morgan fingerprint density at radius 1 is 0.714 bits per heavy atom. The number of aliphatic carboxylic acids is 1. The lowest BCUT2D eigenvalue weighted by molar-refractivity contribution is -0.161. The van der Waals surface area contributed by atoms with Gasteiger partial charge in [-0.2, -0.15) is 0 Å². The number of phenols is 1. The van der Waals surface area contributed by atoms with Crippen LogP contribution in [-0.4, -0.2) is 108 Å². The van der Waals surface area contributed by atoms with Crippen molar-refractivity contribution in [3.05, 3.63) is 132 Å². The smallest absolute Gasteiger partial charge is 0.508 e. The molecule has 400 valence electrons. The monoisotopic (exact) mass is 1080 g/mol. The van der Waals surface area contributed by atoms with Crippen LogP contribution in [0, 0.1) is 0 Å². The molecule has 2 aliphatic heterocycles. The van der Waals surface area contributed by atoms with Gasteiger partial charge in [-0.15, -0.1) is 11.8 Å². The first-order chi connectivity index (χ1) is 36.6. The number of para-hydroxylation sites is 2. The molecule has 28 heteroatoms. The first-order valence-corrected chi connectivity index (χ1v) is 23.7. The number of hydrogen-bond donors (Lipinski definition) is 6. The molecule has 4 aromatic carbocycles. The molecule has 6 N–H and O–H groups in total. The number of thioether (sulfide) groups is 1. The Labute approximate surface area is 434 Å². The van der Waals surface area contributed by atoms with Crippen LogP contribution in [0.15, 0.2) is 107 Å². The van der Waals surface area contributed by atoms with Gasteiger partial charge in [0, 0.05) is 47.6 Å². The standard InChI is InChI=1S/C49H43N7O20S/c1-49(2)37(44(65)66)56-42(64)34(43(56)77-49)53-39(61)33(22-11-13-26(57)14-12-22)52-38(60)23-19-24(50-31(58)15-17-54-40(62)27-7-5-9-29(73-47(69)71-3)35(27)75-45(54)67)21-25(20-23)51-32(59)16-18-55-41(63)28-8-6-10-30(74-48(70)72-4)36(28)76-46(55)68/h5-14,19-21,33-34,37,43,57H,15-18H2,1-4H3,(H,50,58)(H,51,59)(H,52,60)(H,53,61)(H,65,66)/t33?,34-,37+,43-/m1/s1. The summed E-state index contributed by atoms with van der Waals surface area (Å²) in [5, 5.41) is 29.0. The highest BCUT2D eigenvalue weighted by Gasteiger charge is 2.64. The largest absolute Gasteiger partial charge is 0.513 e. The number of fused-ring (bicyclic) bond motifs is 3. The maximum Gasteiger partial charge on any atom is 0.513 e. The van der Waals surface area contributed by atoms with Gasteiger partial charge in [0.15, 0.2) is 22.7 Å². The number of aromatic nitrogens is 2. The number of benzene rings is 4. The van der Waals surface area contributed by atoms with E-state index < -0.39 is 125 Å². The van der Waals surface area contributed by atoms with Gasteiger partial charge in [0.1, 0.15) is 29.2 Å². The number of aromatic hydroxyl groups is 1. The summed E-state index contributed by atoms with van der Waals surface area (Å²) < 4.78 is 29.7. The fourth-order valence-corrected chi connectivity index (χ4v) is 10.1. The minimum absolute atomic E-state index is 0.110. The predicted octanol–water partition coefficient (Wildman–Crippen LogP) is 2.38. The summed E-state index contributed by atoms with van der Waals surface area (Å²) in [4.78, 5) is 159. The van der Waals surface area contributed by atoms with Gasteiger partial charge < -0.3 is 64.2 Å². The Hall–Kier alpha value is -9.73. The zero-order chi connectivity index (χ0) is 55.6. The van der Waals surface area contributed by atoms with Gasteiger partial charge in [-0.25, -0.2) is 33.1 Å². The number of rotatable bonds is 16. The molecule has 0 saturated carbocycles. The summed E-state index contributed by atoms with van der Waals surface area (Å²) in [5.74, 6) is -8.77. The fraction of sp³-hybridized carbons (Fsp3) is 0.265. The number of methoxy groups -OCH3 is 2. The number of carboxylic acids is 1. The first-order valence-electron chi connectivity index (χ1n) is 22.8. The molecule has 77 heavy (non-hydrogen) atoms. The number of hydrogen-bond acceptors (Lipinski definition) is 20. The second-order valence-electron chi connectivity index (χ2n) is 17.5. The molecule has 4 heterocycles. The van der Waals surface area contributed by atoms with E-state index in [-0.39, 0.29) is 61.7 Å². The van der Waals surface area contributed by atoms with E-state index in [4.69, 9.17) is 18.3 Å². The van der Waals surface area contributed by atoms with Crippen LogP contribution in [0.25, 0.3) is 21.9 Å². The molecule has 5 amide bonds. The molecular weight excluding hydrogens is 1040 g/mol. The average molecular weight is 1080 g/mol. The normalized spacial score (nSPS) is 16.5. The van der Waals surface area contributed by atoms with Crippen LogP contribution in [-0.2, 0) is 46.5 Å². The Balaban J connectivity index is 1.06. The van der Waals surface area contributed by atoms with Gasteiger partial charge in [-0.1, -0.05) is 24.3 Å². The third-order valence-electron chi connectivity index (χ3n) is 12.1. The van der Waals surface area contributed by atoms with Crippen molar-refractivity contribution in [3.63, 3.8) is 0 Å². The van der Waals surface area contributed by atoms with Crippen LogP contribution in [0.3, 0.4) is 0 Å². The number of phenolic OH excluding ortho intramolecular Hbond substituents is 1. The maximum atomic E-state index is 14.3. The highest BCUT2D eigenvalue weighted by molar-refractivity contribution is 8.01. The second kappa shape index (κ2) is 21.6. The number of ether oxygens (including phenoxy) is 4. The lowest BCUT2D eigenvalue weighted by Gasteiger charge is -2.44. The molecule has 0 bridgehead atoms. The molecule has 2 aliphatic rings. The van der Waals surface area contributed by atoms with Crippen molar-refractivity contribution in [2.24, 2.45) is 0 Å². The molecule has 6 aromatic rings. The van der Waals surface area contributed by atoms with Crippen molar-refractivity contribution >= 4 is 92.9 Å². The minimum Gasteiger partial charge on any atom is -0.508 e. The maximum absolute atomic E-state index is 14.3. The van der Waals surface area contributed by atoms with E-state index in [1.54, 1.807) is 13.8 Å². The first kappa shape index (κ1) is 53.6. The number of nitrogens with zero attached hydrogens (tertiary/aromatic N) is 3. The number of nitrogens with one attached hydrogen (secondary N) is 4. The van der Waals surface area contributed by atoms with Gasteiger partial charge in [-0.05, 0) is 74.0 Å². The number of anilines is 2. The molecular formula is C49H43N7O20S. The van der Waals surface area contributed by atoms with Crippen LogP contribution >= 0.6 is 11.8 Å². The van der Waals surface area contributed by atoms with Gasteiger partial charge >= 0.3 is 29.8 Å². The quantitative estimate of drug-likeness (QED) is 0.0460. The topological polar surface area (TPSA) is 370 Å². The van der Waals surface area contributed by atoms with E-state index in [0.29, 0.717) is 9.13 Å². The minimum atomic E-state index is -1.60. The van der Waals surface area contributed by atoms with E-state index >= 15 is 0 Å². The molecule has 27 nitrogen and oxygen atoms in total. The summed E-state index contributed by atoms with van der Waals surface area (Å²) in [5.41, 5.74) is -3.10. The van der Waals surface area contributed by atoms with Crippen LogP contribution in [0.5, 0.6) is 17.2 Å². The molecule has 1 unspecified atom stereocenters. The van der Waals surface area contributed by atoms with Crippen molar-refractivity contribution in [1.82, 2.24) is 24.7 Å². The third kappa shape index (κ3) is 11.1. The van der Waals surface area contributed by atoms with E-state index in [0.717, 1.165) is 43.0 Å². The van der Waals surface area contributed by atoms with E-state index in [1.807, 2.05) is 0 Å². The summed E-state index contributed by atoms with van der Waals surface area (Å²) in [6.45, 7) is 2.17. The number of amides is 5. The van der Waals surface area contributed by atoms with Crippen molar-refractivity contribution < 1.29 is 76.4 Å². The summed E-state index contributed by atoms with van der Waals surface area (Å²) >= 11 is 1.16. The van der Waals surface area contributed by atoms with Crippen LogP contribution in [0.1, 0.15) is 48.7 Å². The van der Waals surface area contributed by atoms with Crippen molar-refractivity contribution in [2.75, 3.05) is 24.9 Å². The van der Waals surface area contributed by atoms with Crippen LogP contribution < -0.4 is 53.4 Å². The Morgan fingerprint density at radius 2 is 1.21 bits per heavy atom. The number of carbonyl (C=O) groups excluding carboxylic acids is 7. The third-order valence-corrected chi connectivity index (χ3v) is 13.6. The molecule has 0 radical (unpaired) electrons. The van der Waals surface area contributed by atoms with Crippen molar-refractivity contribution in [2.45, 2.75) is 68.0 Å². The Kier molecular flexibility index (Phi) is 15.0. The Bertz CT molecular complexity index is 3530. The highest BCUT2D eigenvalue weighted by atomic mass is 32.2. The highest BCUT2D eigenvalue weighted by Crippen LogP contribution is 2.51. The van der Waals surface area contributed by atoms with E-state index in [2.05, 4.69) is 30.7 Å². The zero-order valence-electron chi connectivity index (χ0n) is 40.6. The summed E-state index contributed by atoms with van der Waals surface area (Å²) in [6.07, 6.45) is -3.46. The van der Waals surface area contributed by atoms with Crippen LogP contribution in [0.4, 0.5) is 21.0 Å². The number of β-lactam (4-membered cyclic amide) rings is 1. The second-order valence-corrected chi connectivity index (χ2v) is 19.3. The lowest BCUT2D eigenvalue weighted by Crippen LogP contribution is -2.71. The lowest BCUT2D eigenvalue weighted by atomic mass is 9.95. The average Bonchev–Trinajstić information content (AvgIpc) is 3.96. The molecule has 0 aliphatic carbocycles. The van der Waals surface area contributed by atoms with E-state index in [1.165, 1.54) is 66.7 Å².